The highest BCUT2D eigenvalue weighted by molar-refractivity contribution is 8.00. The summed E-state index contributed by atoms with van der Waals surface area (Å²) in [6.45, 7) is 6.25. The van der Waals surface area contributed by atoms with E-state index in [1.807, 2.05) is 67.8 Å². The molecule has 0 aliphatic rings. The molecule has 0 unspecified atom stereocenters. The first-order valence-electron chi connectivity index (χ1n) is 10.6. The van der Waals surface area contributed by atoms with Crippen molar-refractivity contribution in [2.24, 2.45) is 0 Å². The van der Waals surface area contributed by atoms with E-state index in [-0.39, 0.29) is 11.2 Å². The van der Waals surface area contributed by atoms with Crippen LogP contribution >= 0.6 is 11.8 Å². The van der Waals surface area contributed by atoms with Crippen LogP contribution in [0.5, 0.6) is 11.5 Å². The van der Waals surface area contributed by atoms with Crippen molar-refractivity contribution in [3.8, 4) is 28.6 Å². The summed E-state index contributed by atoms with van der Waals surface area (Å²) in [6, 6.07) is 13.7. The largest absolute Gasteiger partial charge is 0.493 e. The van der Waals surface area contributed by atoms with Crippen LogP contribution in [-0.4, -0.2) is 46.8 Å². The Morgan fingerprint density at radius 2 is 1.75 bits per heavy atom. The molecule has 0 saturated heterocycles. The zero-order valence-corrected chi connectivity index (χ0v) is 19.9. The van der Waals surface area contributed by atoms with Gasteiger partial charge in [-0.15, -0.1) is 10.2 Å². The van der Waals surface area contributed by atoms with Crippen LogP contribution in [0.2, 0.25) is 0 Å². The van der Waals surface area contributed by atoms with Crippen molar-refractivity contribution >= 4 is 17.7 Å². The Morgan fingerprint density at radius 3 is 2.38 bits per heavy atom. The molecule has 0 N–H and O–H groups in total. The van der Waals surface area contributed by atoms with Gasteiger partial charge in [0.2, 0.25) is 0 Å². The molecule has 0 spiro atoms. The smallest absolute Gasteiger partial charge is 0.319 e. The lowest BCUT2D eigenvalue weighted by atomic mass is 10.1. The molecule has 2 aromatic carbocycles. The second-order valence-electron chi connectivity index (χ2n) is 7.19. The fourth-order valence-electron chi connectivity index (χ4n) is 3.28. The predicted octanol–water partition coefficient (Wildman–Crippen LogP) is 5.08. The van der Waals surface area contributed by atoms with Crippen molar-refractivity contribution in [1.29, 1.82) is 0 Å². The minimum atomic E-state index is -0.355. The number of thioether (sulfide) groups is 1. The topological polar surface area (TPSA) is 75.5 Å². The van der Waals surface area contributed by atoms with E-state index < -0.39 is 0 Å². The second kappa shape index (κ2) is 11.0. The molecule has 3 aromatic rings. The number of esters is 1. The van der Waals surface area contributed by atoms with E-state index in [0.29, 0.717) is 35.5 Å². The van der Waals surface area contributed by atoms with Crippen LogP contribution in [0.4, 0.5) is 0 Å². The van der Waals surface area contributed by atoms with E-state index in [1.165, 1.54) is 11.8 Å². The molecule has 0 radical (unpaired) electrons. The first-order chi connectivity index (χ1) is 15.5. The maximum Gasteiger partial charge on any atom is 0.319 e. The normalized spacial score (nSPS) is 11.8. The summed E-state index contributed by atoms with van der Waals surface area (Å²) in [5, 5.41) is 9.20. The van der Waals surface area contributed by atoms with Crippen molar-refractivity contribution in [1.82, 2.24) is 14.8 Å². The first-order valence-corrected chi connectivity index (χ1v) is 11.5. The maximum atomic E-state index is 12.5. The number of carbonyl (C=O) groups is 1. The third-order valence-corrected chi connectivity index (χ3v) is 6.10. The molecular formula is C24H29N3O4S. The van der Waals surface area contributed by atoms with Crippen molar-refractivity contribution in [3.05, 3.63) is 48.0 Å². The number of carbonyl (C=O) groups excluding carboxylic acids is 1. The number of aryl methyl sites for hydroxylation is 1. The summed E-state index contributed by atoms with van der Waals surface area (Å²) < 4.78 is 18.1. The number of hydrogen-bond donors (Lipinski definition) is 0. The molecule has 32 heavy (non-hydrogen) atoms. The van der Waals surface area contributed by atoms with E-state index in [9.17, 15) is 4.79 Å². The van der Waals surface area contributed by atoms with Crippen LogP contribution in [0, 0.1) is 6.92 Å². The lowest BCUT2D eigenvalue weighted by Gasteiger charge is -2.16. The van der Waals surface area contributed by atoms with E-state index >= 15 is 0 Å². The number of hydrogen-bond acceptors (Lipinski definition) is 7. The monoisotopic (exact) mass is 455 g/mol. The van der Waals surface area contributed by atoms with Crippen molar-refractivity contribution in [3.63, 3.8) is 0 Å². The average molecular weight is 456 g/mol. The Labute approximate surface area is 193 Å². The van der Waals surface area contributed by atoms with Crippen molar-refractivity contribution in [2.45, 2.75) is 44.0 Å². The molecule has 1 atom stereocenters. The Kier molecular flexibility index (Phi) is 8.16. The molecule has 3 rings (SSSR count). The Bertz CT molecular complexity index is 1050. The van der Waals surface area contributed by atoms with Gasteiger partial charge < -0.3 is 14.2 Å². The Hall–Kier alpha value is -3.00. The van der Waals surface area contributed by atoms with Crippen LogP contribution in [0.1, 0.15) is 32.3 Å². The molecule has 0 amide bonds. The highest BCUT2D eigenvalue weighted by Gasteiger charge is 2.25. The quantitative estimate of drug-likeness (QED) is 0.311. The van der Waals surface area contributed by atoms with Gasteiger partial charge in [-0.05, 0) is 50.6 Å². The van der Waals surface area contributed by atoms with Gasteiger partial charge in [0.25, 0.3) is 0 Å². The number of aromatic nitrogens is 3. The summed E-state index contributed by atoms with van der Waals surface area (Å²) in [7, 11) is 3.20. The molecule has 0 bridgehead atoms. The van der Waals surface area contributed by atoms with Gasteiger partial charge in [-0.3, -0.25) is 9.36 Å². The number of methoxy groups -OCH3 is 2. The minimum absolute atomic E-state index is 0.231. The summed E-state index contributed by atoms with van der Waals surface area (Å²) in [4.78, 5) is 12.5. The fraction of sp³-hybridized carbons (Fsp3) is 0.375. The van der Waals surface area contributed by atoms with E-state index in [4.69, 9.17) is 14.2 Å². The van der Waals surface area contributed by atoms with Gasteiger partial charge in [0.1, 0.15) is 5.25 Å². The Morgan fingerprint density at radius 1 is 1.03 bits per heavy atom. The molecule has 8 heteroatoms. The van der Waals surface area contributed by atoms with Gasteiger partial charge in [0, 0.05) is 11.3 Å². The molecular weight excluding hydrogens is 426 g/mol. The zero-order valence-electron chi connectivity index (χ0n) is 19.1. The van der Waals surface area contributed by atoms with Gasteiger partial charge in [-0.2, -0.15) is 0 Å². The summed E-state index contributed by atoms with van der Waals surface area (Å²) in [5.74, 6) is 1.66. The van der Waals surface area contributed by atoms with Crippen LogP contribution in [-0.2, 0) is 9.53 Å². The van der Waals surface area contributed by atoms with Gasteiger partial charge in [-0.25, -0.2) is 0 Å². The molecule has 0 aliphatic carbocycles. The summed E-state index contributed by atoms with van der Waals surface area (Å²) >= 11 is 1.38. The van der Waals surface area contributed by atoms with Crippen LogP contribution in [0.15, 0.2) is 47.6 Å². The maximum absolute atomic E-state index is 12.5. The SMILES string of the molecule is CCC[C@H](Sc1nnc(-c2ccc(OC)c(OC)c2)n1-c1ccc(C)cc1)C(=O)OCC. The molecule has 0 aliphatic heterocycles. The molecule has 0 fully saturated rings. The molecule has 1 heterocycles. The second-order valence-corrected chi connectivity index (χ2v) is 8.36. The van der Waals surface area contributed by atoms with Crippen LogP contribution in [0.25, 0.3) is 17.1 Å². The zero-order chi connectivity index (χ0) is 23.1. The molecule has 170 valence electrons. The standard InChI is InChI=1S/C24H29N3O4S/c1-6-8-21(23(28)31-7-2)32-24-26-25-22(27(24)18-12-9-16(3)10-13-18)17-11-14-19(29-4)20(15-17)30-5/h9-15,21H,6-8H2,1-5H3/t21-/m0/s1. The van der Waals surface area contributed by atoms with E-state index in [0.717, 1.165) is 23.2 Å². The third-order valence-electron chi connectivity index (χ3n) is 4.92. The first kappa shape index (κ1) is 23.7. The average Bonchev–Trinajstić information content (AvgIpc) is 3.22. The summed E-state index contributed by atoms with van der Waals surface area (Å²) in [6.07, 6.45) is 1.55. The Balaban J connectivity index is 2.10. The van der Waals surface area contributed by atoms with E-state index in [2.05, 4.69) is 10.2 Å². The van der Waals surface area contributed by atoms with Gasteiger partial charge in [0.05, 0.1) is 20.8 Å². The van der Waals surface area contributed by atoms with Gasteiger partial charge in [-0.1, -0.05) is 42.8 Å². The van der Waals surface area contributed by atoms with Crippen molar-refractivity contribution in [2.75, 3.05) is 20.8 Å². The van der Waals surface area contributed by atoms with Crippen LogP contribution in [0.3, 0.4) is 0 Å². The molecule has 7 nitrogen and oxygen atoms in total. The van der Waals surface area contributed by atoms with Gasteiger partial charge in [0.15, 0.2) is 22.5 Å². The third kappa shape index (κ3) is 5.24. The number of ether oxygens (including phenoxy) is 3. The molecule has 0 saturated carbocycles. The number of rotatable bonds is 10. The minimum Gasteiger partial charge on any atom is -0.493 e. The van der Waals surface area contributed by atoms with Crippen molar-refractivity contribution < 1.29 is 19.0 Å². The lowest BCUT2D eigenvalue weighted by Crippen LogP contribution is -2.20. The van der Waals surface area contributed by atoms with E-state index in [1.54, 1.807) is 14.2 Å². The fourth-order valence-corrected chi connectivity index (χ4v) is 4.44. The highest BCUT2D eigenvalue weighted by Crippen LogP contribution is 2.35. The number of benzene rings is 2. The lowest BCUT2D eigenvalue weighted by molar-refractivity contribution is -0.142. The highest BCUT2D eigenvalue weighted by atomic mass is 32.2. The summed E-state index contributed by atoms with van der Waals surface area (Å²) in [5.41, 5.74) is 2.89. The number of nitrogens with zero attached hydrogens (tertiary/aromatic N) is 3. The van der Waals surface area contributed by atoms with Gasteiger partial charge >= 0.3 is 5.97 Å². The van der Waals surface area contributed by atoms with Crippen LogP contribution < -0.4 is 9.47 Å². The molecule has 1 aromatic heterocycles. The predicted molar refractivity (Wildman–Crippen MR) is 126 cm³/mol.